The van der Waals surface area contributed by atoms with Gasteiger partial charge in [0.1, 0.15) is 5.69 Å². The third-order valence-corrected chi connectivity index (χ3v) is 3.81. The Balaban J connectivity index is 2.25. The smallest absolute Gasteiger partial charge is 0.230 e. The van der Waals surface area contributed by atoms with E-state index in [0.29, 0.717) is 10.9 Å². The lowest BCUT2D eigenvalue weighted by atomic mass is 9.95. The van der Waals surface area contributed by atoms with E-state index in [9.17, 15) is 0 Å². The molecule has 0 aliphatic carbocycles. The van der Waals surface area contributed by atoms with Gasteiger partial charge in [0, 0.05) is 10.6 Å². The average molecular weight is 299 g/mol. The minimum Gasteiger partial charge on any atom is -0.367 e. The van der Waals surface area contributed by atoms with Crippen molar-refractivity contribution in [2.24, 2.45) is 0 Å². The van der Waals surface area contributed by atoms with Crippen LogP contribution in [0.4, 0.5) is 5.88 Å². The molecule has 106 valence electrons. The van der Waals surface area contributed by atoms with Gasteiger partial charge in [-0.1, -0.05) is 47.1 Å². The van der Waals surface area contributed by atoms with Gasteiger partial charge in [-0.2, -0.15) is 0 Å². The van der Waals surface area contributed by atoms with Crippen LogP contribution in [0.15, 0.2) is 47.0 Å². The van der Waals surface area contributed by atoms with Crippen LogP contribution in [0.1, 0.15) is 11.1 Å². The second-order valence-corrected chi connectivity index (χ2v) is 5.48. The normalized spacial score (nSPS) is 10.8. The van der Waals surface area contributed by atoms with Crippen LogP contribution in [-0.4, -0.2) is 5.16 Å². The quantitative estimate of drug-likeness (QED) is 0.735. The van der Waals surface area contributed by atoms with Crippen LogP contribution in [-0.2, 0) is 0 Å². The summed E-state index contributed by atoms with van der Waals surface area (Å²) in [5.74, 6) is 0.327. The number of halogens is 1. The number of nitrogens with two attached hydrogens (primary N) is 1. The van der Waals surface area contributed by atoms with Crippen molar-refractivity contribution in [1.82, 2.24) is 5.16 Å². The Hall–Kier alpha value is -2.26. The highest BCUT2D eigenvalue weighted by molar-refractivity contribution is 6.30. The van der Waals surface area contributed by atoms with Crippen molar-refractivity contribution < 1.29 is 4.52 Å². The van der Waals surface area contributed by atoms with Gasteiger partial charge in [0.2, 0.25) is 5.88 Å². The SMILES string of the molecule is Cc1cc(Cl)ccc1-c1noc(N)c1-c1ccccc1C. The Morgan fingerprint density at radius 2 is 1.76 bits per heavy atom. The Kier molecular flexibility index (Phi) is 3.43. The van der Waals surface area contributed by atoms with Crippen molar-refractivity contribution >= 4 is 17.5 Å². The molecule has 1 heterocycles. The van der Waals surface area contributed by atoms with E-state index in [1.165, 1.54) is 0 Å². The zero-order valence-electron chi connectivity index (χ0n) is 11.9. The van der Waals surface area contributed by atoms with Crippen molar-refractivity contribution in [1.29, 1.82) is 0 Å². The summed E-state index contributed by atoms with van der Waals surface area (Å²) in [5, 5.41) is 4.85. The topological polar surface area (TPSA) is 52.0 Å². The van der Waals surface area contributed by atoms with E-state index in [1.54, 1.807) is 0 Å². The summed E-state index contributed by atoms with van der Waals surface area (Å²) in [5.41, 5.74) is 11.7. The van der Waals surface area contributed by atoms with Gasteiger partial charge in [-0.15, -0.1) is 0 Å². The molecule has 0 amide bonds. The van der Waals surface area contributed by atoms with Crippen molar-refractivity contribution in [2.45, 2.75) is 13.8 Å². The molecule has 0 fully saturated rings. The van der Waals surface area contributed by atoms with E-state index >= 15 is 0 Å². The van der Waals surface area contributed by atoms with Gasteiger partial charge in [0.05, 0.1) is 5.56 Å². The highest BCUT2D eigenvalue weighted by Gasteiger charge is 2.19. The fourth-order valence-corrected chi connectivity index (χ4v) is 2.72. The molecule has 2 N–H and O–H groups in total. The molecule has 0 aliphatic heterocycles. The predicted molar refractivity (Wildman–Crippen MR) is 86.3 cm³/mol. The molecule has 0 atom stereocenters. The third kappa shape index (κ3) is 2.41. The van der Waals surface area contributed by atoms with E-state index in [2.05, 4.69) is 5.16 Å². The first kappa shape index (κ1) is 13.7. The number of nitrogens with zero attached hydrogens (tertiary/aromatic N) is 1. The standard InChI is InChI=1S/C17H15ClN2O/c1-10-5-3-4-6-13(10)15-16(20-21-17(15)19)14-8-7-12(18)9-11(14)2/h3-9H,19H2,1-2H3. The number of anilines is 1. The lowest BCUT2D eigenvalue weighted by Gasteiger charge is -2.08. The molecule has 2 aromatic carbocycles. The van der Waals surface area contributed by atoms with Gasteiger partial charge in [-0.3, -0.25) is 0 Å². The van der Waals surface area contributed by atoms with Crippen LogP contribution in [0, 0.1) is 13.8 Å². The first-order valence-electron chi connectivity index (χ1n) is 6.65. The highest BCUT2D eigenvalue weighted by atomic mass is 35.5. The molecule has 3 aromatic rings. The third-order valence-electron chi connectivity index (χ3n) is 3.58. The Morgan fingerprint density at radius 3 is 2.48 bits per heavy atom. The van der Waals surface area contributed by atoms with Crippen LogP contribution in [0.5, 0.6) is 0 Å². The van der Waals surface area contributed by atoms with Gasteiger partial charge >= 0.3 is 0 Å². The highest BCUT2D eigenvalue weighted by Crippen LogP contribution is 2.39. The first-order valence-corrected chi connectivity index (χ1v) is 7.03. The van der Waals surface area contributed by atoms with Gasteiger partial charge in [0.25, 0.3) is 0 Å². The minimum absolute atomic E-state index is 0.327. The lowest BCUT2D eigenvalue weighted by molar-refractivity contribution is 0.439. The molecule has 0 bridgehead atoms. The molecule has 0 aliphatic rings. The van der Waals surface area contributed by atoms with Crippen LogP contribution in [0.2, 0.25) is 5.02 Å². The molecule has 0 saturated carbocycles. The van der Waals surface area contributed by atoms with Gasteiger partial charge in [-0.05, 0) is 42.7 Å². The summed E-state index contributed by atoms with van der Waals surface area (Å²) in [7, 11) is 0. The monoisotopic (exact) mass is 298 g/mol. The second kappa shape index (κ2) is 5.26. The van der Waals surface area contributed by atoms with E-state index < -0.39 is 0 Å². The van der Waals surface area contributed by atoms with Gasteiger partial charge < -0.3 is 10.3 Å². The molecule has 21 heavy (non-hydrogen) atoms. The van der Waals surface area contributed by atoms with Crippen molar-refractivity contribution in [2.75, 3.05) is 5.73 Å². The second-order valence-electron chi connectivity index (χ2n) is 5.04. The maximum atomic E-state index is 6.02. The molecule has 3 rings (SSSR count). The summed E-state index contributed by atoms with van der Waals surface area (Å²) in [4.78, 5) is 0. The summed E-state index contributed by atoms with van der Waals surface area (Å²) < 4.78 is 5.24. The largest absolute Gasteiger partial charge is 0.367 e. The van der Waals surface area contributed by atoms with Gasteiger partial charge in [-0.25, -0.2) is 0 Å². The lowest BCUT2D eigenvalue weighted by Crippen LogP contribution is -1.91. The Morgan fingerprint density at radius 1 is 1.00 bits per heavy atom. The number of aryl methyl sites for hydroxylation is 2. The maximum Gasteiger partial charge on any atom is 0.230 e. The number of hydrogen-bond donors (Lipinski definition) is 1. The van der Waals surface area contributed by atoms with Crippen molar-refractivity contribution in [3.8, 4) is 22.4 Å². The average Bonchev–Trinajstić information content (AvgIpc) is 2.81. The first-order chi connectivity index (χ1) is 10.1. The van der Waals surface area contributed by atoms with Crippen molar-refractivity contribution in [3.63, 3.8) is 0 Å². The molecular weight excluding hydrogens is 284 g/mol. The summed E-state index contributed by atoms with van der Waals surface area (Å²) in [6, 6.07) is 13.7. The molecule has 0 saturated heterocycles. The molecule has 3 nitrogen and oxygen atoms in total. The van der Waals surface area contributed by atoms with Crippen LogP contribution < -0.4 is 5.73 Å². The molecule has 4 heteroatoms. The van der Waals surface area contributed by atoms with E-state index in [1.807, 2.05) is 56.3 Å². The Bertz CT molecular complexity index is 808. The molecule has 1 aromatic heterocycles. The number of hydrogen-bond acceptors (Lipinski definition) is 3. The fourth-order valence-electron chi connectivity index (χ4n) is 2.49. The van der Waals surface area contributed by atoms with Gasteiger partial charge in [0.15, 0.2) is 0 Å². The van der Waals surface area contributed by atoms with Crippen LogP contribution in [0.3, 0.4) is 0 Å². The van der Waals surface area contributed by atoms with E-state index in [0.717, 1.165) is 33.5 Å². The Labute approximate surface area is 128 Å². The zero-order chi connectivity index (χ0) is 15.0. The predicted octanol–water partition coefficient (Wildman–Crippen LogP) is 4.86. The molecular formula is C17H15ClN2O. The maximum absolute atomic E-state index is 6.02. The number of benzene rings is 2. The molecule has 0 unspecified atom stereocenters. The number of rotatable bonds is 2. The van der Waals surface area contributed by atoms with E-state index in [-0.39, 0.29) is 0 Å². The zero-order valence-corrected chi connectivity index (χ0v) is 12.6. The van der Waals surface area contributed by atoms with Crippen LogP contribution >= 0.6 is 11.6 Å². The minimum atomic E-state index is 0.327. The summed E-state index contributed by atoms with van der Waals surface area (Å²) in [6.45, 7) is 4.04. The number of nitrogen functional groups attached to an aromatic ring is 1. The number of aromatic nitrogens is 1. The van der Waals surface area contributed by atoms with Crippen molar-refractivity contribution in [3.05, 3.63) is 58.6 Å². The summed E-state index contributed by atoms with van der Waals surface area (Å²) in [6.07, 6.45) is 0. The molecule has 0 radical (unpaired) electrons. The summed E-state index contributed by atoms with van der Waals surface area (Å²) >= 11 is 6.02. The van der Waals surface area contributed by atoms with Crippen LogP contribution in [0.25, 0.3) is 22.4 Å². The van der Waals surface area contributed by atoms with E-state index in [4.69, 9.17) is 21.9 Å². The molecule has 0 spiro atoms. The fraction of sp³-hybridized carbons (Fsp3) is 0.118.